The highest BCUT2D eigenvalue weighted by Gasteiger charge is 2.65. The normalized spacial score (nSPS) is 20.6. The molecule has 1 aliphatic rings. The van der Waals surface area contributed by atoms with Gasteiger partial charge in [0, 0.05) is 5.69 Å². The van der Waals surface area contributed by atoms with Crippen LogP contribution in [0.15, 0.2) is 54.6 Å². The lowest BCUT2D eigenvalue weighted by Gasteiger charge is -2.09. The fraction of sp³-hybridized carbons (Fsp3) is 0.300. The Morgan fingerprint density at radius 3 is 2.24 bits per heavy atom. The number of carboxylic acids is 1. The van der Waals surface area contributed by atoms with Crippen LogP contribution in [0, 0.1) is 17.3 Å². The van der Waals surface area contributed by atoms with Gasteiger partial charge in [-0.3, -0.25) is 9.59 Å². The predicted molar refractivity (Wildman–Crippen MR) is 94.2 cm³/mol. The number of anilines is 1. The summed E-state index contributed by atoms with van der Waals surface area (Å²) in [5, 5.41) is 12.0. The summed E-state index contributed by atoms with van der Waals surface area (Å²) in [4.78, 5) is 23.5. The third-order valence-electron chi connectivity index (χ3n) is 4.75. The van der Waals surface area contributed by atoms with Crippen molar-refractivity contribution < 1.29 is 19.4 Å². The molecule has 0 heterocycles. The van der Waals surface area contributed by atoms with Crippen LogP contribution in [0.3, 0.4) is 0 Å². The van der Waals surface area contributed by atoms with Crippen molar-refractivity contribution in [1.29, 1.82) is 0 Å². The lowest BCUT2D eigenvalue weighted by molar-refractivity contribution is -0.140. The smallest absolute Gasteiger partial charge is 0.307 e. The van der Waals surface area contributed by atoms with Crippen molar-refractivity contribution in [3.63, 3.8) is 0 Å². The Morgan fingerprint density at radius 1 is 1.04 bits per heavy atom. The molecule has 0 radical (unpaired) electrons. The van der Waals surface area contributed by atoms with Crippen LogP contribution in [0.2, 0.25) is 0 Å². The van der Waals surface area contributed by atoms with E-state index in [-0.39, 0.29) is 5.91 Å². The molecule has 1 aliphatic carbocycles. The third-order valence-corrected chi connectivity index (χ3v) is 4.75. The highest BCUT2D eigenvalue weighted by atomic mass is 16.5. The molecule has 1 saturated carbocycles. The van der Waals surface area contributed by atoms with E-state index in [1.165, 1.54) is 0 Å². The molecule has 25 heavy (non-hydrogen) atoms. The van der Waals surface area contributed by atoms with Gasteiger partial charge in [-0.1, -0.05) is 44.2 Å². The van der Waals surface area contributed by atoms with E-state index in [0.29, 0.717) is 18.0 Å². The average Bonchev–Trinajstić information content (AvgIpc) is 3.18. The summed E-state index contributed by atoms with van der Waals surface area (Å²) in [5.74, 6) is -1.60. The quantitative estimate of drug-likeness (QED) is 0.844. The minimum Gasteiger partial charge on any atom is -0.489 e. The highest BCUT2D eigenvalue weighted by molar-refractivity contribution is 5.99. The van der Waals surface area contributed by atoms with E-state index in [1.807, 2.05) is 30.3 Å². The van der Waals surface area contributed by atoms with Crippen molar-refractivity contribution in [1.82, 2.24) is 0 Å². The van der Waals surface area contributed by atoms with Crippen LogP contribution in [0.4, 0.5) is 5.69 Å². The van der Waals surface area contributed by atoms with E-state index >= 15 is 0 Å². The predicted octanol–water partition coefficient (Wildman–Crippen LogP) is 3.56. The van der Waals surface area contributed by atoms with Crippen LogP contribution >= 0.6 is 0 Å². The van der Waals surface area contributed by atoms with Crippen molar-refractivity contribution in [2.75, 3.05) is 5.32 Å². The second-order valence-electron chi connectivity index (χ2n) is 6.90. The summed E-state index contributed by atoms with van der Waals surface area (Å²) in [6.45, 7) is 4.08. The number of rotatable bonds is 6. The lowest BCUT2D eigenvalue weighted by atomic mass is 10.1. The van der Waals surface area contributed by atoms with Crippen LogP contribution in [-0.4, -0.2) is 17.0 Å². The number of nitrogens with one attached hydrogen (secondary N) is 1. The zero-order valence-electron chi connectivity index (χ0n) is 14.2. The summed E-state index contributed by atoms with van der Waals surface area (Å²) in [5.41, 5.74) is 1.20. The third kappa shape index (κ3) is 3.65. The number of carboxylic acid groups (broad SMARTS) is 1. The Labute approximate surface area is 146 Å². The van der Waals surface area contributed by atoms with Gasteiger partial charge in [-0.2, -0.15) is 0 Å². The Bertz CT molecular complexity index is 768. The van der Waals surface area contributed by atoms with Gasteiger partial charge >= 0.3 is 5.97 Å². The van der Waals surface area contributed by atoms with Crippen molar-refractivity contribution in [3.8, 4) is 5.75 Å². The molecule has 2 N–H and O–H groups in total. The SMILES string of the molecule is CC1(C)[C@H](C(=O)O)[C@@H]1C(=O)Nc1ccc(OCc2ccccc2)cc1. The highest BCUT2D eigenvalue weighted by Crippen LogP contribution is 2.58. The molecule has 2 aromatic rings. The Balaban J connectivity index is 1.56. The van der Waals surface area contributed by atoms with E-state index in [0.717, 1.165) is 5.56 Å². The minimum atomic E-state index is -0.921. The first-order valence-corrected chi connectivity index (χ1v) is 8.20. The van der Waals surface area contributed by atoms with Gasteiger partial charge in [-0.15, -0.1) is 0 Å². The number of carbonyl (C=O) groups excluding carboxylic acids is 1. The first-order chi connectivity index (χ1) is 11.9. The van der Waals surface area contributed by atoms with Crippen molar-refractivity contribution >= 4 is 17.6 Å². The minimum absolute atomic E-state index is 0.254. The topological polar surface area (TPSA) is 75.6 Å². The molecule has 0 saturated heterocycles. The lowest BCUT2D eigenvalue weighted by Crippen LogP contribution is -2.17. The zero-order valence-corrected chi connectivity index (χ0v) is 14.2. The summed E-state index contributed by atoms with van der Waals surface area (Å²) >= 11 is 0. The van der Waals surface area contributed by atoms with E-state index in [9.17, 15) is 9.59 Å². The molecule has 1 amide bonds. The summed E-state index contributed by atoms with van der Waals surface area (Å²) < 4.78 is 5.70. The van der Waals surface area contributed by atoms with Gasteiger partial charge in [0.05, 0.1) is 11.8 Å². The van der Waals surface area contributed by atoms with Crippen LogP contribution in [-0.2, 0) is 16.2 Å². The summed E-state index contributed by atoms with van der Waals surface area (Å²) in [6, 6.07) is 16.9. The second-order valence-corrected chi connectivity index (χ2v) is 6.90. The first-order valence-electron chi connectivity index (χ1n) is 8.20. The van der Waals surface area contributed by atoms with E-state index in [4.69, 9.17) is 9.84 Å². The van der Waals surface area contributed by atoms with E-state index in [1.54, 1.807) is 38.1 Å². The molecule has 130 valence electrons. The van der Waals surface area contributed by atoms with Crippen LogP contribution < -0.4 is 10.1 Å². The molecule has 5 nitrogen and oxygen atoms in total. The number of ether oxygens (including phenoxy) is 1. The molecule has 1 fully saturated rings. The molecule has 5 heteroatoms. The number of hydrogen-bond acceptors (Lipinski definition) is 3. The number of carbonyl (C=O) groups is 2. The molecule has 0 unspecified atom stereocenters. The molecule has 2 atom stereocenters. The van der Waals surface area contributed by atoms with E-state index < -0.39 is 23.2 Å². The second kappa shape index (κ2) is 6.59. The molecule has 0 spiro atoms. The fourth-order valence-corrected chi connectivity index (χ4v) is 3.18. The Hall–Kier alpha value is -2.82. The first kappa shape index (κ1) is 17.0. The van der Waals surface area contributed by atoms with Gasteiger partial charge in [0.2, 0.25) is 5.91 Å². The largest absolute Gasteiger partial charge is 0.489 e. The maximum Gasteiger partial charge on any atom is 0.307 e. The molecular weight excluding hydrogens is 318 g/mol. The maximum atomic E-state index is 12.3. The number of aliphatic carboxylic acids is 1. The maximum absolute atomic E-state index is 12.3. The van der Waals surface area contributed by atoms with Crippen molar-refractivity contribution in [2.45, 2.75) is 20.5 Å². The van der Waals surface area contributed by atoms with Crippen molar-refractivity contribution in [3.05, 3.63) is 60.2 Å². The number of benzene rings is 2. The van der Waals surface area contributed by atoms with Crippen LogP contribution in [0.5, 0.6) is 5.75 Å². The zero-order chi connectivity index (χ0) is 18.0. The van der Waals surface area contributed by atoms with Gasteiger partial charge in [0.25, 0.3) is 0 Å². The molecule has 0 bridgehead atoms. The molecule has 0 aliphatic heterocycles. The molecule has 0 aromatic heterocycles. The fourth-order valence-electron chi connectivity index (χ4n) is 3.18. The van der Waals surface area contributed by atoms with Gasteiger partial charge in [-0.05, 0) is 35.2 Å². The monoisotopic (exact) mass is 339 g/mol. The summed E-state index contributed by atoms with van der Waals surface area (Å²) in [6.07, 6.45) is 0. The number of hydrogen-bond donors (Lipinski definition) is 2. The molecular formula is C20H21NO4. The Morgan fingerprint density at radius 2 is 1.68 bits per heavy atom. The Kier molecular flexibility index (Phi) is 4.49. The summed E-state index contributed by atoms with van der Waals surface area (Å²) in [7, 11) is 0. The molecule has 2 aromatic carbocycles. The average molecular weight is 339 g/mol. The van der Waals surface area contributed by atoms with Crippen LogP contribution in [0.25, 0.3) is 0 Å². The molecule has 3 rings (SSSR count). The number of amides is 1. The van der Waals surface area contributed by atoms with Gasteiger partial charge in [-0.25, -0.2) is 0 Å². The van der Waals surface area contributed by atoms with Gasteiger partial charge < -0.3 is 15.2 Å². The van der Waals surface area contributed by atoms with Crippen LogP contribution in [0.1, 0.15) is 19.4 Å². The van der Waals surface area contributed by atoms with E-state index in [2.05, 4.69) is 5.32 Å². The standard InChI is InChI=1S/C20H21NO4/c1-20(2)16(17(20)19(23)24)18(22)21-14-8-10-15(11-9-14)25-12-13-6-4-3-5-7-13/h3-11,16-17H,12H2,1-2H3,(H,21,22)(H,23,24)/t16-,17+/m1/s1. The van der Waals surface area contributed by atoms with Gasteiger partial charge in [0.1, 0.15) is 12.4 Å². The van der Waals surface area contributed by atoms with Gasteiger partial charge in [0.15, 0.2) is 0 Å². The van der Waals surface area contributed by atoms with Crippen molar-refractivity contribution in [2.24, 2.45) is 17.3 Å².